The molecule has 29 heavy (non-hydrogen) atoms. The van der Waals surface area contributed by atoms with Gasteiger partial charge >= 0.3 is 7.60 Å². The number of hydrogen-bond donors (Lipinski definition) is 0. The predicted octanol–water partition coefficient (Wildman–Crippen LogP) is 5.83. The van der Waals surface area contributed by atoms with Crippen molar-refractivity contribution in [2.75, 3.05) is 20.3 Å². The quantitative estimate of drug-likeness (QED) is 0.382. The van der Waals surface area contributed by atoms with Gasteiger partial charge in [0.25, 0.3) is 0 Å². The van der Waals surface area contributed by atoms with Crippen molar-refractivity contribution in [3.63, 3.8) is 0 Å². The van der Waals surface area contributed by atoms with Crippen LogP contribution in [0.3, 0.4) is 0 Å². The third-order valence-electron chi connectivity index (χ3n) is 5.10. The molecule has 0 heterocycles. The van der Waals surface area contributed by atoms with Crippen LogP contribution in [0.5, 0.6) is 5.75 Å². The fourth-order valence-electron chi connectivity index (χ4n) is 3.80. The Hall–Kier alpha value is -2.20. The highest BCUT2D eigenvalue weighted by Crippen LogP contribution is 2.64. The smallest absolute Gasteiger partial charge is 0.357 e. The van der Waals surface area contributed by atoms with Gasteiger partial charge in [-0.1, -0.05) is 48.5 Å². The first-order chi connectivity index (χ1) is 14.0. The van der Waals surface area contributed by atoms with Crippen molar-refractivity contribution < 1.29 is 23.1 Å². The summed E-state index contributed by atoms with van der Waals surface area (Å²) in [5.41, 5.74) is 1.58. The maximum Gasteiger partial charge on any atom is 0.357 e. The van der Waals surface area contributed by atoms with Crippen molar-refractivity contribution in [2.24, 2.45) is 5.92 Å². The van der Waals surface area contributed by atoms with E-state index in [9.17, 15) is 9.36 Å². The molecule has 0 spiro atoms. The SMILES string of the molecule is CCOP(=O)(OCC)C1=CC[C@@H](c2ccc(OC)cc2)[C@@H]1C(=O)c1ccccc1. The second-order valence-corrected chi connectivity index (χ2v) is 8.81. The van der Waals surface area contributed by atoms with Crippen LogP contribution in [0.15, 0.2) is 66.0 Å². The summed E-state index contributed by atoms with van der Waals surface area (Å²) in [6, 6.07) is 16.8. The molecule has 0 amide bonds. The number of allylic oxidation sites excluding steroid dienone is 2. The van der Waals surface area contributed by atoms with E-state index in [0.717, 1.165) is 11.3 Å². The maximum atomic E-state index is 13.6. The van der Waals surface area contributed by atoms with Gasteiger partial charge in [0.2, 0.25) is 0 Å². The monoisotopic (exact) mass is 414 g/mol. The fourth-order valence-corrected chi connectivity index (χ4v) is 5.82. The molecule has 5 nitrogen and oxygen atoms in total. The predicted molar refractivity (Wildman–Crippen MR) is 114 cm³/mol. The number of methoxy groups -OCH3 is 1. The number of ether oxygens (including phenoxy) is 1. The van der Waals surface area contributed by atoms with E-state index in [4.69, 9.17) is 13.8 Å². The molecule has 2 aromatic rings. The first-order valence-electron chi connectivity index (χ1n) is 9.87. The molecular formula is C23H27O5P. The zero-order valence-electron chi connectivity index (χ0n) is 17.0. The highest BCUT2D eigenvalue weighted by atomic mass is 31.2. The lowest BCUT2D eigenvalue weighted by molar-refractivity contribution is 0.0927. The minimum Gasteiger partial charge on any atom is -0.497 e. The van der Waals surface area contributed by atoms with Crippen LogP contribution in [-0.2, 0) is 13.6 Å². The average Bonchev–Trinajstić information content (AvgIpc) is 3.20. The van der Waals surface area contributed by atoms with Crippen LogP contribution in [0.4, 0.5) is 0 Å². The van der Waals surface area contributed by atoms with Crippen LogP contribution < -0.4 is 4.74 Å². The Kier molecular flexibility index (Phi) is 7.07. The standard InChI is InChI=1S/C23H27O5P/c1-4-27-29(25,28-5-2)21-16-15-20(17-11-13-19(26-3)14-12-17)22(21)23(24)18-9-7-6-8-10-18/h6-14,16,20,22H,4-5,15H2,1-3H3/t20-,22-/m0/s1. The van der Waals surface area contributed by atoms with Gasteiger partial charge in [-0.25, -0.2) is 0 Å². The van der Waals surface area contributed by atoms with Gasteiger partial charge in [0, 0.05) is 16.8 Å². The highest BCUT2D eigenvalue weighted by molar-refractivity contribution is 7.58. The van der Waals surface area contributed by atoms with Gasteiger partial charge in [-0.15, -0.1) is 0 Å². The second-order valence-electron chi connectivity index (χ2n) is 6.79. The Labute approximate surface area is 172 Å². The van der Waals surface area contributed by atoms with Crippen LogP contribution in [0, 0.1) is 5.92 Å². The van der Waals surface area contributed by atoms with E-state index in [-0.39, 0.29) is 24.9 Å². The first kappa shape index (κ1) is 21.5. The molecule has 0 unspecified atom stereocenters. The number of carbonyl (C=O) groups is 1. The number of carbonyl (C=O) groups excluding carboxylic acids is 1. The lowest BCUT2D eigenvalue weighted by Gasteiger charge is -2.26. The molecule has 1 aliphatic rings. The van der Waals surface area contributed by atoms with E-state index in [1.807, 2.05) is 48.5 Å². The van der Waals surface area contributed by atoms with Crippen molar-refractivity contribution in [2.45, 2.75) is 26.2 Å². The van der Waals surface area contributed by atoms with Gasteiger partial charge in [-0.2, -0.15) is 0 Å². The molecule has 2 atom stereocenters. The number of hydrogen-bond acceptors (Lipinski definition) is 5. The molecular weight excluding hydrogens is 387 g/mol. The molecule has 1 aliphatic carbocycles. The van der Waals surface area contributed by atoms with Crippen LogP contribution >= 0.6 is 7.60 Å². The Bertz CT molecular complexity index is 895. The fraction of sp³-hybridized carbons (Fsp3) is 0.348. The topological polar surface area (TPSA) is 61.8 Å². The molecule has 0 bridgehead atoms. The molecule has 0 radical (unpaired) electrons. The maximum absolute atomic E-state index is 13.6. The van der Waals surface area contributed by atoms with Crippen LogP contribution in [0.25, 0.3) is 0 Å². The van der Waals surface area contributed by atoms with Crippen molar-refractivity contribution in [1.82, 2.24) is 0 Å². The van der Waals surface area contributed by atoms with Crippen molar-refractivity contribution in [3.05, 3.63) is 77.1 Å². The highest BCUT2D eigenvalue weighted by Gasteiger charge is 2.46. The summed E-state index contributed by atoms with van der Waals surface area (Å²) in [6.45, 7) is 4.04. The van der Waals surface area contributed by atoms with E-state index < -0.39 is 13.5 Å². The van der Waals surface area contributed by atoms with Crippen LogP contribution in [0.2, 0.25) is 0 Å². The Morgan fingerprint density at radius 1 is 1.00 bits per heavy atom. The summed E-state index contributed by atoms with van der Waals surface area (Å²) in [5.74, 6) is -0.0671. The largest absolute Gasteiger partial charge is 0.497 e. The minimum absolute atomic E-state index is 0.0743. The van der Waals surface area contributed by atoms with E-state index in [2.05, 4.69) is 0 Å². The van der Waals surface area contributed by atoms with Crippen molar-refractivity contribution in [1.29, 1.82) is 0 Å². The molecule has 0 saturated carbocycles. The summed E-state index contributed by atoms with van der Waals surface area (Å²) in [7, 11) is -1.94. The number of benzene rings is 2. The summed E-state index contributed by atoms with van der Waals surface area (Å²) in [4.78, 5) is 13.5. The normalized spacial score (nSPS) is 19.1. The zero-order valence-corrected chi connectivity index (χ0v) is 17.9. The molecule has 3 rings (SSSR count). The van der Waals surface area contributed by atoms with E-state index in [1.54, 1.807) is 33.1 Å². The van der Waals surface area contributed by atoms with Gasteiger partial charge in [-0.3, -0.25) is 9.36 Å². The summed E-state index contributed by atoms with van der Waals surface area (Å²) < 4.78 is 30.0. The summed E-state index contributed by atoms with van der Waals surface area (Å²) >= 11 is 0. The molecule has 154 valence electrons. The van der Waals surface area contributed by atoms with E-state index >= 15 is 0 Å². The third-order valence-corrected chi connectivity index (χ3v) is 7.39. The molecule has 0 aromatic heterocycles. The lowest BCUT2D eigenvalue weighted by Crippen LogP contribution is -2.22. The van der Waals surface area contributed by atoms with Gasteiger partial charge in [-0.05, 0) is 38.0 Å². The van der Waals surface area contributed by atoms with Gasteiger partial charge in [0.1, 0.15) is 5.75 Å². The molecule has 0 fully saturated rings. The van der Waals surface area contributed by atoms with Crippen LogP contribution in [-0.4, -0.2) is 26.1 Å². The third kappa shape index (κ3) is 4.53. The number of ketones is 1. The number of rotatable bonds is 9. The van der Waals surface area contributed by atoms with Crippen molar-refractivity contribution in [3.8, 4) is 5.75 Å². The molecule has 6 heteroatoms. The molecule has 0 aliphatic heterocycles. The van der Waals surface area contributed by atoms with Crippen molar-refractivity contribution >= 4 is 13.4 Å². The Morgan fingerprint density at radius 2 is 1.62 bits per heavy atom. The molecule has 0 N–H and O–H groups in total. The minimum atomic E-state index is -3.55. The van der Waals surface area contributed by atoms with Crippen LogP contribution in [0.1, 0.15) is 42.1 Å². The Balaban J connectivity index is 2.03. The van der Waals surface area contributed by atoms with E-state index in [0.29, 0.717) is 17.3 Å². The number of Topliss-reactive ketones (excluding diaryl/α,β-unsaturated/α-hetero) is 1. The van der Waals surface area contributed by atoms with Gasteiger partial charge in [0.15, 0.2) is 5.78 Å². The first-order valence-corrected chi connectivity index (χ1v) is 11.4. The van der Waals surface area contributed by atoms with Gasteiger partial charge in [0.05, 0.1) is 26.2 Å². The zero-order chi connectivity index (χ0) is 20.9. The molecule has 2 aromatic carbocycles. The summed E-state index contributed by atoms with van der Waals surface area (Å²) in [6.07, 6.45) is 2.46. The second kappa shape index (κ2) is 9.53. The van der Waals surface area contributed by atoms with E-state index in [1.165, 1.54) is 0 Å². The molecule has 0 saturated heterocycles. The summed E-state index contributed by atoms with van der Waals surface area (Å²) in [5, 5.41) is 0.468. The Morgan fingerprint density at radius 3 is 2.17 bits per heavy atom. The van der Waals surface area contributed by atoms with Gasteiger partial charge < -0.3 is 13.8 Å². The lowest BCUT2D eigenvalue weighted by atomic mass is 9.83. The average molecular weight is 414 g/mol.